The van der Waals surface area contributed by atoms with E-state index in [0.717, 1.165) is 17.5 Å². The number of benzene rings is 2. The van der Waals surface area contributed by atoms with Crippen molar-refractivity contribution in [2.24, 2.45) is 5.41 Å². The summed E-state index contributed by atoms with van der Waals surface area (Å²) < 4.78 is 0. The number of rotatable bonds is 6. The third-order valence-corrected chi connectivity index (χ3v) is 6.78. The average Bonchev–Trinajstić information content (AvgIpc) is 3.01. The average molecular weight is 430 g/mol. The van der Waals surface area contributed by atoms with Crippen LogP contribution in [0, 0.1) is 5.41 Å². The second kappa shape index (κ2) is 8.87. The van der Waals surface area contributed by atoms with Gasteiger partial charge in [0.25, 0.3) is 11.8 Å². The lowest BCUT2D eigenvalue weighted by Gasteiger charge is -2.32. The number of nitrogens with zero attached hydrogens (tertiary/aromatic N) is 1. The Labute approximate surface area is 190 Å². The molecule has 2 aliphatic rings. The summed E-state index contributed by atoms with van der Waals surface area (Å²) in [7, 11) is 0. The van der Waals surface area contributed by atoms with Crippen molar-refractivity contribution in [2.45, 2.75) is 52.6 Å². The summed E-state index contributed by atoms with van der Waals surface area (Å²) in [5, 5.41) is 10.8. The Balaban J connectivity index is 1.44. The number of hydrogen-bond donors (Lipinski definition) is 1. The second-order valence-corrected chi connectivity index (χ2v) is 9.55. The van der Waals surface area contributed by atoms with Crippen LogP contribution in [0.25, 0.3) is 6.08 Å². The van der Waals surface area contributed by atoms with Crippen LogP contribution in [0.3, 0.4) is 0 Å². The van der Waals surface area contributed by atoms with Gasteiger partial charge in [0.15, 0.2) is 0 Å². The first-order valence-corrected chi connectivity index (χ1v) is 11.4. The van der Waals surface area contributed by atoms with E-state index in [-0.39, 0.29) is 23.8 Å². The lowest BCUT2D eigenvalue weighted by atomic mass is 9.72. The fourth-order valence-electron chi connectivity index (χ4n) is 4.92. The van der Waals surface area contributed by atoms with Crippen LogP contribution in [0.15, 0.2) is 65.8 Å². The van der Waals surface area contributed by atoms with E-state index < -0.39 is 6.10 Å². The number of imide groups is 1. The summed E-state index contributed by atoms with van der Waals surface area (Å²) in [6, 6.07) is 14.7. The maximum absolute atomic E-state index is 12.5. The molecule has 1 aliphatic heterocycles. The van der Waals surface area contributed by atoms with Gasteiger partial charge in [-0.15, -0.1) is 0 Å². The normalized spacial score (nSPS) is 19.1. The highest BCUT2D eigenvalue weighted by molar-refractivity contribution is 6.21. The first-order valence-electron chi connectivity index (χ1n) is 11.4. The van der Waals surface area contributed by atoms with Gasteiger partial charge in [0.1, 0.15) is 0 Å². The molecule has 4 rings (SSSR count). The highest BCUT2D eigenvalue weighted by atomic mass is 16.3. The number of amides is 2. The molecule has 166 valence electrons. The van der Waals surface area contributed by atoms with E-state index in [1.807, 2.05) is 24.3 Å². The highest BCUT2D eigenvalue weighted by Crippen LogP contribution is 2.41. The molecule has 0 spiro atoms. The van der Waals surface area contributed by atoms with Gasteiger partial charge in [0.2, 0.25) is 0 Å². The number of fused-ring (bicyclic) bond motifs is 1. The van der Waals surface area contributed by atoms with Crippen molar-refractivity contribution in [3.63, 3.8) is 0 Å². The van der Waals surface area contributed by atoms with Crippen molar-refractivity contribution in [1.82, 2.24) is 4.90 Å². The van der Waals surface area contributed by atoms with E-state index in [9.17, 15) is 14.7 Å². The Kier molecular flexibility index (Phi) is 6.16. The number of carbonyl (C=O) groups excluding carboxylic acids is 2. The quantitative estimate of drug-likeness (QED) is 0.578. The van der Waals surface area contributed by atoms with Crippen LogP contribution < -0.4 is 0 Å². The molecule has 1 N–H and O–H groups in total. The highest BCUT2D eigenvalue weighted by Gasteiger charge is 2.35. The molecule has 1 heterocycles. The Morgan fingerprint density at radius 2 is 1.72 bits per heavy atom. The summed E-state index contributed by atoms with van der Waals surface area (Å²) in [6.07, 6.45) is 7.48. The fraction of sp³-hybridized carbons (Fsp3) is 0.357. The third kappa shape index (κ3) is 4.33. The minimum atomic E-state index is -0.750. The minimum Gasteiger partial charge on any atom is -0.388 e. The van der Waals surface area contributed by atoms with Gasteiger partial charge in [-0.2, -0.15) is 0 Å². The van der Waals surface area contributed by atoms with Gasteiger partial charge < -0.3 is 5.11 Å². The SMILES string of the molecule is CC1=C(C=Cc2cccc(C(O)CCN3C(=O)c4ccccc4C3=O)c2)C(C)(C)CCC1. The molecule has 0 aromatic heterocycles. The second-order valence-electron chi connectivity index (χ2n) is 9.55. The van der Waals surface area contributed by atoms with Gasteiger partial charge in [0, 0.05) is 6.54 Å². The molecular weight excluding hydrogens is 398 g/mol. The molecule has 0 saturated carbocycles. The zero-order valence-electron chi connectivity index (χ0n) is 19.1. The van der Waals surface area contributed by atoms with Gasteiger partial charge >= 0.3 is 0 Å². The molecule has 1 atom stereocenters. The van der Waals surface area contributed by atoms with Crippen LogP contribution in [-0.4, -0.2) is 28.4 Å². The van der Waals surface area contributed by atoms with Crippen molar-refractivity contribution in [3.8, 4) is 0 Å². The topological polar surface area (TPSA) is 57.6 Å². The Bertz CT molecular complexity index is 1070. The predicted octanol–water partition coefficient (Wildman–Crippen LogP) is 5.95. The maximum Gasteiger partial charge on any atom is 0.261 e. The van der Waals surface area contributed by atoms with Gasteiger partial charge in [-0.3, -0.25) is 14.5 Å². The molecule has 4 heteroatoms. The van der Waals surface area contributed by atoms with Crippen molar-refractivity contribution in [3.05, 3.63) is 88.0 Å². The van der Waals surface area contributed by atoms with Crippen LogP contribution in [-0.2, 0) is 0 Å². The molecular formula is C28H31NO3. The van der Waals surface area contributed by atoms with Crippen molar-refractivity contribution in [2.75, 3.05) is 6.54 Å². The molecule has 0 fully saturated rings. The Morgan fingerprint density at radius 3 is 2.38 bits per heavy atom. The molecule has 32 heavy (non-hydrogen) atoms. The molecule has 2 aromatic rings. The van der Waals surface area contributed by atoms with E-state index in [0.29, 0.717) is 17.5 Å². The molecule has 0 radical (unpaired) electrons. The van der Waals surface area contributed by atoms with E-state index >= 15 is 0 Å². The predicted molar refractivity (Wildman–Crippen MR) is 127 cm³/mol. The third-order valence-electron chi connectivity index (χ3n) is 6.78. The summed E-state index contributed by atoms with van der Waals surface area (Å²) >= 11 is 0. The number of aliphatic hydroxyl groups is 1. The molecule has 2 amide bonds. The number of carbonyl (C=O) groups is 2. The standard InChI is InChI=1S/C28H31NO3/c1-19-8-7-16-28(2,3)24(19)14-13-20-9-6-10-21(18-20)25(30)15-17-29-26(31)22-11-4-5-12-23(22)27(29)32/h4-6,9-14,18,25,30H,7-8,15-17H2,1-3H3. The summed E-state index contributed by atoms with van der Waals surface area (Å²) in [5.41, 5.74) is 5.74. The van der Waals surface area contributed by atoms with Crippen molar-refractivity contribution >= 4 is 17.9 Å². The monoisotopic (exact) mass is 429 g/mol. The molecule has 2 aromatic carbocycles. The fourth-order valence-corrected chi connectivity index (χ4v) is 4.92. The summed E-state index contributed by atoms with van der Waals surface area (Å²) in [4.78, 5) is 26.3. The summed E-state index contributed by atoms with van der Waals surface area (Å²) in [5.74, 6) is -0.568. The zero-order chi connectivity index (χ0) is 22.9. The summed E-state index contributed by atoms with van der Waals surface area (Å²) in [6.45, 7) is 7.01. The minimum absolute atomic E-state index is 0.183. The molecule has 0 bridgehead atoms. The van der Waals surface area contributed by atoms with Crippen LogP contribution in [0.2, 0.25) is 0 Å². The van der Waals surface area contributed by atoms with E-state index in [2.05, 4.69) is 32.9 Å². The van der Waals surface area contributed by atoms with E-state index in [1.54, 1.807) is 24.3 Å². The zero-order valence-corrected chi connectivity index (χ0v) is 19.1. The van der Waals surface area contributed by atoms with Crippen LogP contribution >= 0.6 is 0 Å². The van der Waals surface area contributed by atoms with Gasteiger partial charge in [-0.05, 0) is 72.9 Å². The lowest BCUT2D eigenvalue weighted by Crippen LogP contribution is -2.31. The van der Waals surface area contributed by atoms with Crippen molar-refractivity contribution < 1.29 is 14.7 Å². The molecule has 1 aliphatic carbocycles. The molecule has 4 nitrogen and oxygen atoms in total. The van der Waals surface area contributed by atoms with Gasteiger partial charge in [-0.1, -0.05) is 61.9 Å². The van der Waals surface area contributed by atoms with Gasteiger partial charge in [0.05, 0.1) is 17.2 Å². The first-order chi connectivity index (χ1) is 15.3. The molecule has 0 saturated heterocycles. The van der Waals surface area contributed by atoms with E-state index in [4.69, 9.17) is 0 Å². The Morgan fingerprint density at radius 1 is 1.03 bits per heavy atom. The maximum atomic E-state index is 12.5. The Hall–Kier alpha value is -2.98. The smallest absolute Gasteiger partial charge is 0.261 e. The molecule has 1 unspecified atom stereocenters. The number of aliphatic hydroxyl groups excluding tert-OH is 1. The first kappa shape index (κ1) is 22.2. The number of allylic oxidation sites excluding steroid dienone is 3. The lowest BCUT2D eigenvalue weighted by molar-refractivity contribution is 0.0622. The van der Waals surface area contributed by atoms with Crippen LogP contribution in [0.4, 0.5) is 0 Å². The number of hydrogen-bond acceptors (Lipinski definition) is 3. The largest absolute Gasteiger partial charge is 0.388 e. The van der Waals surface area contributed by atoms with Crippen LogP contribution in [0.1, 0.15) is 84.4 Å². The van der Waals surface area contributed by atoms with E-state index in [1.165, 1.54) is 28.9 Å². The van der Waals surface area contributed by atoms with Gasteiger partial charge in [-0.25, -0.2) is 0 Å². The van der Waals surface area contributed by atoms with Crippen LogP contribution in [0.5, 0.6) is 0 Å². The van der Waals surface area contributed by atoms with Crippen molar-refractivity contribution in [1.29, 1.82) is 0 Å².